The van der Waals surface area contributed by atoms with Crippen LogP contribution in [0.3, 0.4) is 0 Å². The van der Waals surface area contributed by atoms with Crippen LogP contribution in [0, 0.1) is 0 Å². The first-order chi connectivity index (χ1) is 12.6. The minimum absolute atomic E-state index is 0.255. The van der Waals surface area contributed by atoms with E-state index in [4.69, 9.17) is 23.2 Å². The fraction of sp³-hybridized carbons (Fsp3) is 0.105. The van der Waals surface area contributed by atoms with Gasteiger partial charge in [0, 0.05) is 12.2 Å². The Hall–Kier alpha value is -2.63. The molecule has 0 atom stereocenters. The lowest BCUT2D eigenvalue weighted by Gasteiger charge is -2.08. The van der Waals surface area contributed by atoms with Gasteiger partial charge in [0.15, 0.2) is 0 Å². The Morgan fingerprint density at radius 1 is 0.962 bits per heavy atom. The normalized spacial score (nSPS) is 10.4. The standard InChI is InChI=1S/C19H16Cl2N4O/c20-15-7-6-14(10-16(15)21)25-18-12-23-17(11-24-18)19(26)22-9-8-13-4-2-1-3-5-13/h1-7,10-12H,8-9H2,(H,22,26)(H,24,25). The highest BCUT2D eigenvalue weighted by Gasteiger charge is 2.08. The molecule has 5 nitrogen and oxygen atoms in total. The number of hydrogen-bond donors (Lipinski definition) is 2. The summed E-state index contributed by atoms with van der Waals surface area (Å²) in [6, 6.07) is 15.1. The molecule has 3 aromatic rings. The van der Waals surface area contributed by atoms with Crippen LogP contribution in [0.5, 0.6) is 0 Å². The van der Waals surface area contributed by atoms with Gasteiger partial charge in [0.1, 0.15) is 11.5 Å². The second-order valence-corrected chi connectivity index (χ2v) is 6.35. The van der Waals surface area contributed by atoms with Crippen LogP contribution in [0.4, 0.5) is 11.5 Å². The summed E-state index contributed by atoms with van der Waals surface area (Å²) in [5, 5.41) is 6.81. The summed E-state index contributed by atoms with van der Waals surface area (Å²) in [4.78, 5) is 20.5. The summed E-state index contributed by atoms with van der Waals surface area (Å²) in [6.45, 7) is 0.536. The molecule has 0 aliphatic heterocycles. The largest absolute Gasteiger partial charge is 0.350 e. The molecule has 26 heavy (non-hydrogen) atoms. The van der Waals surface area contributed by atoms with Crippen LogP contribution in [-0.2, 0) is 6.42 Å². The van der Waals surface area contributed by atoms with Crippen molar-refractivity contribution in [1.82, 2.24) is 15.3 Å². The lowest BCUT2D eigenvalue weighted by atomic mass is 10.1. The van der Waals surface area contributed by atoms with Gasteiger partial charge in [0.05, 0.1) is 22.4 Å². The van der Waals surface area contributed by atoms with E-state index in [-0.39, 0.29) is 11.6 Å². The van der Waals surface area contributed by atoms with Gasteiger partial charge in [-0.25, -0.2) is 9.97 Å². The van der Waals surface area contributed by atoms with Crippen LogP contribution in [-0.4, -0.2) is 22.4 Å². The van der Waals surface area contributed by atoms with Gasteiger partial charge in [-0.3, -0.25) is 4.79 Å². The Kier molecular flexibility index (Phi) is 6.04. The average molecular weight is 387 g/mol. The summed E-state index contributed by atoms with van der Waals surface area (Å²) >= 11 is 11.9. The predicted molar refractivity (Wildman–Crippen MR) is 104 cm³/mol. The minimum atomic E-state index is -0.255. The highest BCUT2D eigenvalue weighted by molar-refractivity contribution is 6.42. The number of rotatable bonds is 6. The minimum Gasteiger partial charge on any atom is -0.350 e. The molecule has 1 aromatic heterocycles. The molecule has 0 saturated heterocycles. The molecule has 0 radical (unpaired) electrons. The van der Waals surface area contributed by atoms with E-state index in [9.17, 15) is 4.79 Å². The Morgan fingerprint density at radius 3 is 2.46 bits per heavy atom. The second-order valence-electron chi connectivity index (χ2n) is 5.53. The third kappa shape index (κ3) is 4.94. The van der Waals surface area contributed by atoms with E-state index in [1.807, 2.05) is 30.3 Å². The molecule has 7 heteroatoms. The Bertz CT molecular complexity index is 886. The highest BCUT2D eigenvalue weighted by Crippen LogP contribution is 2.26. The zero-order chi connectivity index (χ0) is 18.4. The molecule has 1 heterocycles. The van der Waals surface area contributed by atoms with E-state index >= 15 is 0 Å². The first-order valence-corrected chi connectivity index (χ1v) is 8.73. The molecule has 2 aromatic carbocycles. The molecule has 0 aliphatic rings. The van der Waals surface area contributed by atoms with Crippen molar-refractivity contribution < 1.29 is 4.79 Å². The molecule has 0 saturated carbocycles. The smallest absolute Gasteiger partial charge is 0.271 e. The van der Waals surface area contributed by atoms with Gasteiger partial charge in [0.25, 0.3) is 5.91 Å². The number of hydrogen-bond acceptors (Lipinski definition) is 4. The van der Waals surface area contributed by atoms with Crippen LogP contribution in [0.1, 0.15) is 16.1 Å². The molecule has 3 rings (SSSR count). The Labute approximate surface area is 161 Å². The predicted octanol–water partition coefficient (Wildman–Crippen LogP) is 4.50. The topological polar surface area (TPSA) is 66.9 Å². The number of amides is 1. The first kappa shape index (κ1) is 18.2. The lowest BCUT2D eigenvalue weighted by molar-refractivity contribution is 0.0949. The van der Waals surface area contributed by atoms with Crippen LogP contribution < -0.4 is 10.6 Å². The lowest BCUT2D eigenvalue weighted by Crippen LogP contribution is -2.26. The van der Waals surface area contributed by atoms with E-state index in [1.165, 1.54) is 18.0 Å². The number of anilines is 2. The maximum absolute atomic E-state index is 12.1. The van der Waals surface area contributed by atoms with Gasteiger partial charge in [0.2, 0.25) is 0 Å². The van der Waals surface area contributed by atoms with E-state index in [2.05, 4.69) is 20.6 Å². The van der Waals surface area contributed by atoms with Crippen molar-refractivity contribution in [3.63, 3.8) is 0 Å². The summed E-state index contributed by atoms with van der Waals surface area (Å²) in [7, 11) is 0. The molecule has 0 spiro atoms. The summed E-state index contributed by atoms with van der Waals surface area (Å²) < 4.78 is 0. The summed E-state index contributed by atoms with van der Waals surface area (Å²) in [6.07, 6.45) is 3.68. The van der Waals surface area contributed by atoms with Gasteiger partial charge < -0.3 is 10.6 Å². The number of nitrogens with one attached hydrogen (secondary N) is 2. The van der Waals surface area contributed by atoms with E-state index in [0.29, 0.717) is 22.4 Å². The van der Waals surface area contributed by atoms with Gasteiger partial charge in [-0.15, -0.1) is 0 Å². The Morgan fingerprint density at radius 2 is 1.77 bits per heavy atom. The molecule has 0 unspecified atom stereocenters. The van der Waals surface area contributed by atoms with Crippen molar-refractivity contribution >= 4 is 40.6 Å². The maximum atomic E-state index is 12.1. The second kappa shape index (κ2) is 8.65. The van der Waals surface area contributed by atoms with Crippen molar-refractivity contribution in [2.75, 3.05) is 11.9 Å². The first-order valence-electron chi connectivity index (χ1n) is 7.98. The van der Waals surface area contributed by atoms with Crippen molar-refractivity contribution in [3.8, 4) is 0 Å². The third-order valence-electron chi connectivity index (χ3n) is 3.62. The molecule has 0 bridgehead atoms. The van der Waals surface area contributed by atoms with E-state index in [0.717, 1.165) is 12.1 Å². The van der Waals surface area contributed by atoms with Gasteiger partial charge in [-0.2, -0.15) is 0 Å². The molecule has 0 aliphatic carbocycles. The molecule has 0 fully saturated rings. The van der Waals surface area contributed by atoms with Crippen LogP contribution >= 0.6 is 23.2 Å². The fourth-order valence-corrected chi connectivity index (χ4v) is 2.59. The van der Waals surface area contributed by atoms with Crippen molar-refractivity contribution in [3.05, 3.63) is 82.2 Å². The summed E-state index contributed by atoms with van der Waals surface area (Å²) in [5.41, 5.74) is 2.16. The number of carbonyl (C=O) groups is 1. The van der Waals surface area contributed by atoms with Crippen molar-refractivity contribution in [1.29, 1.82) is 0 Å². The van der Waals surface area contributed by atoms with Crippen LogP contribution in [0.15, 0.2) is 60.9 Å². The number of aromatic nitrogens is 2. The monoisotopic (exact) mass is 386 g/mol. The van der Waals surface area contributed by atoms with Gasteiger partial charge in [-0.1, -0.05) is 53.5 Å². The quantitative estimate of drug-likeness (QED) is 0.654. The number of nitrogens with zero attached hydrogens (tertiary/aromatic N) is 2. The molecule has 2 N–H and O–H groups in total. The van der Waals surface area contributed by atoms with E-state index in [1.54, 1.807) is 18.2 Å². The average Bonchev–Trinajstić information content (AvgIpc) is 2.66. The number of halogens is 2. The third-order valence-corrected chi connectivity index (χ3v) is 4.36. The van der Waals surface area contributed by atoms with Gasteiger partial charge in [-0.05, 0) is 30.2 Å². The maximum Gasteiger partial charge on any atom is 0.271 e. The molecular weight excluding hydrogens is 371 g/mol. The van der Waals surface area contributed by atoms with E-state index < -0.39 is 0 Å². The van der Waals surface area contributed by atoms with Gasteiger partial charge >= 0.3 is 0 Å². The van der Waals surface area contributed by atoms with Crippen molar-refractivity contribution in [2.45, 2.75) is 6.42 Å². The zero-order valence-corrected chi connectivity index (χ0v) is 15.3. The number of carbonyl (C=O) groups excluding carboxylic acids is 1. The molecule has 132 valence electrons. The highest BCUT2D eigenvalue weighted by atomic mass is 35.5. The van der Waals surface area contributed by atoms with Crippen molar-refractivity contribution in [2.24, 2.45) is 0 Å². The Balaban J connectivity index is 1.54. The number of benzene rings is 2. The summed E-state index contributed by atoms with van der Waals surface area (Å²) in [5.74, 6) is 0.249. The van der Waals surface area contributed by atoms with Crippen LogP contribution in [0.25, 0.3) is 0 Å². The SMILES string of the molecule is O=C(NCCc1ccccc1)c1cnc(Nc2ccc(Cl)c(Cl)c2)cn1. The zero-order valence-electron chi connectivity index (χ0n) is 13.7. The molecule has 1 amide bonds. The molecular formula is C19H16Cl2N4O. The fourth-order valence-electron chi connectivity index (χ4n) is 2.29. The van der Waals surface area contributed by atoms with Crippen LogP contribution in [0.2, 0.25) is 10.0 Å².